The highest BCUT2D eigenvalue weighted by molar-refractivity contribution is 6.39. The molecule has 0 aliphatic carbocycles. The van der Waals surface area contributed by atoms with Crippen LogP contribution in [-0.2, 0) is 9.59 Å². The fraction of sp³-hybridized carbons (Fsp3) is 0.125. The molecule has 0 fully saturated rings. The Kier molecular flexibility index (Phi) is 4.05. The van der Waals surface area contributed by atoms with E-state index in [4.69, 9.17) is 23.2 Å². The quantitative estimate of drug-likeness (QED) is 0.870. The molecule has 1 aliphatic rings. The smallest absolute Gasteiger partial charge is 0.232 e. The van der Waals surface area contributed by atoms with Crippen molar-refractivity contribution in [1.82, 2.24) is 0 Å². The van der Waals surface area contributed by atoms with E-state index in [2.05, 4.69) is 10.6 Å². The van der Waals surface area contributed by atoms with Gasteiger partial charge in [0.05, 0.1) is 21.7 Å². The normalized spacial score (nSPS) is 16.6. The van der Waals surface area contributed by atoms with Crippen LogP contribution < -0.4 is 10.6 Å². The molecule has 1 aliphatic heterocycles. The Balaban J connectivity index is 1.91. The molecule has 0 saturated carbocycles. The molecule has 0 bridgehead atoms. The van der Waals surface area contributed by atoms with Gasteiger partial charge >= 0.3 is 0 Å². The number of nitrogens with one attached hydrogen (secondary N) is 2. The minimum absolute atomic E-state index is 0.0882. The molecular weight excluding hydrogens is 323 g/mol. The maximum Gasteiger partial charge on any atom is 0.232 e. The van der Waals surface area contributed by atoms with Gasteiger partial charge in [-0.25, -0.2) is 0 Å². The molecule has 2 aromatic rings. The Labute approximate surface area is 137 Å². The van der Waals surface area contributed by atoms with Crippen LogP contribution in [0.5, 0.6) is 0 Å². The van der Waals surface area contributed by atoms with Gasteiger partial charge in [0.15, 0.2) is 0 Å². The van der Waals surface area contributed by atoms with Crippen LogP contribution in [0.1, 0.15) is 17.9 Å². The number of carbonyl (C=O) groups excluding carboxylic acids is 2. The summed E-state index contributed by atoms with van der Waals surface area (Å²) in [5.41, 5.74) is 1.80. The Bertz CT molecular complexity index is 741. The van der Waals surface area contributed by atoms with E-state index in [-0.39, 0.29) is 18.2 Å². The van der Waals surface area contributed by atoms with Crippen molar-refractivity contribution in [1.29, 1.82) is 0 Å². The fourth-order valence-corrected chi connectivity index (χ4v) is 2.96. The predicted octanol–water partition coefficient (Wildman–Crippen LogP) is 4.06. The van der Waals surface area contributed by atoms with Crippen molar-refractivity contribution in [2.24, 2.45) is 0 Å². The molecule has 1 unspecified atom stereocenters. The van der Waals surface area contributed by atoms with Gasteiger partial charge in [-0.2, -0.15) is 0 Å². The molecule has 112 valence electrons. The van der Waals surface area contributed by atoms with Gasteiger partial charge in [-0.3, -0.25) is 9.59 Å². The SMILES string of the molecule is O=C1CC(C(=O)Nc2c(Cl)cccc2Cl)c2ccccc2N1. The van der Waals surface area contributed by atoms with E-state index >= 15 is 0 Å². The van der Waals surface area contributed by atoms with Crippen LogP contribution in [-0.4, -0.2) is 11.8 Å². The predicted molar refractivity (Wildman–Crippen MR) is 87.5 cm³/mol. The zero-order valence-electron chi connectivity index (χ0n) is 11.4. The summed E-state index contributed by atoms with van der Waals surface area (Å²) in [5.74, 6) is -1.07. The molecule has 2 N–H and O–H groups in total. The van der Waals surface area contributed by atoms with E-state index in [0.29, 0.717) is 21.4 Å². The second kappa shape index (κ2) is 5.99. The highest BCUT2D eigenvalue weighted by atomic mass is 35.5. The van der Waals surface area contributed by atoms with Gasteiger partial charge in [0, 0.05) is 12.1 Å². The van der Waals surface area contributed by atoms with Gasteiger partial charge in [-0.15, -0.1) is 0 Å². The third kappa shape index (κ3) is 2.80. The lowest BCUT2D eigenvalue weighted by molar-refractivity contribution is -0.123. The molecule has 2 amide bonds. The van der Waals surface area contributed by atoms with E-state index in [1.165, 1.54) is 0 Å². The number of anilines is 2. The zero-order valence-corrected chi connectivity index (χ0v) is 12.9. The number of para-hydroxylation sites is 2. The molecule has 22 heavy (non-hydrogen) atoms. The minimum atomic E-state index is -0.572. The van der Waals surface area contributed by atoms with Gasteiger partial charge in [0.25, 0.3) is 0 Å². The molecule has 3 rings (SSSR count). The average Bonchev–Trinajstić information content (AvgIpc) is 2.50. The van der Waals surface area contributed by atoms with E-state index in [1.807, 2.05) is 18.2 Å². The Morgan fingerprint density at radius 3 is 2.50 bits per heavy atom. The van der Waals surface area contributed by atoms with E-state index in [0.717, 1.165) is 5.56 Å². The molecule has 4 nitrogen and oxygen atoms in total. The summed E-state index contributed by atoms with van der Waals surface area (Å²) in [4.78, 5) is 24.4. The van der Waals surface area contributed by atoms with Crippen molar-refractivity contribution in [3.63, 3.8) is 0 Å². The van der Waals surface area contributed by atoms with Crippen LogP contribution in [0, 0.1) is 0 Å². The molecular formula is C16H12Cl2N2O2. The molecule has 0 spiro atoms. The number of fused-ring (bicyclic) bond motifs is 1. The van der Waals surface area contributed by atoms with Gasteiger partial charge in [-0.05, 0) is 23.8 Å². The van der Waals surface area contributed by atoms with Crippen molar-refractivity contribution >= 4 is 46.4 Å². The first kappa shape index (κ1) is 14.9. The molecule has 0 aromatic heterocycles. The number of halogens is 2. The first-order chi connectivity index (χ1) is 10.6. The van der Waals surface area contributed by atoms with Crippen molar-refractivity contribution < 1.29 is 9.59 Å². The molecule has 0 saturated heterocycles. The van der Waals surface area contributed by atoms with Crippen LogP contribution in [0.4, 0.5) is 11.4 Å². The zero-order chi connectivity index (χ0) is 15.7. The van der Waals surface area contributed by atoms with Crippen LogP contribution in [0.3, 0.4) is 0 Å². The van der Waals surface area contributed by atoms with Gasteiger partial charge in [0.1, 0.15) is 0 Å². The first-order valence-electron chi connectivity index (χ1n) is 6.70. The van der Waals surface area contributed by atoms with E-state index in [1.54, 1.807) is 24.3 Å². The second-order valence-corrected chi connectivity index (χ2v) is 5.79. The van der Waals surface area contributed by atoms with Crippen LogP contribution in [0.2, 0.25) is 10.0 Å². The summed E-state index contributed by atoms with van der Waals surface area (Å²) in [7, 11) is 0. The third-order valence-corrected chi connectivity index (χ3v) is 4.16. The molecule has 0 radical (unpaired) electrons. The fourth-order valence-electron chi connectivity index (χ4n) is 2.47. The summed E-state index contributed by atoms with van der Waals surface area (Å²) < 4.78 is 0. The minimum Gasteiger partial charge on any atom is -0.326 e. The average molecular weight is 335 g/mol. The lowest BCUT2D eigenvalue weighted by atomic mass is 9.90. The maximum absolute atomic E-state index is 12.6. The molecule has 1 heterocycles. The number of hydrogen-bond acceptors (Lipinski definition) is 2. The highest BCUT2D eigenvalue weighted by Gasteiger charge is 2.30. The van der Waals surface area contributed by atoms with E-state index < -0.39 is 5.92 Å². The van der Waals surface area contributed by atoms with Crippen molar-refractivity contribution in [2.45, 2.75) is 12.3 Å². The van der Waals surface area contributed by atoms with Crippen LogP contribution >= 0.6 is 23.2 Å². The summed E-state index contributed by atoms with van der Waals surface area (Å²) >= 11 is 12.1. The Morgan fingerprint density at radius 1 is 1.09 bits per heavy atom. The Hall–Kier alpha value is -2.04. The summed E-state index contributed by atoms with van der Waals surface area (Å²) in [6, 6.07) is 12.2. The van der Waals surface area contributed by atoms with Gasteiger partial charge < -0.3 is 10.6 Å². The van der Waals surface area contributed by atoms with Crippen LogP contribution in [0.25, 0.3) is 0 Å². The van der Waals surface area contributed by atoms with Crippen molar-refractivity contribution in [3.05, 3.63) is 58.1 Å². The molecule has 2 aromatic carbocycles. The van der Waals surface area contributed by atoms with Crippen molar-refractivity contribution in [3.8, 4) is 0 Å². The Morgan fingerprint density at radius 2 is 1.77 bits per heavy atom. The third-order valence-electron chi connectivity index (χ3n) is 3.53. The molecule has 1 atom stereocenters. The summed E-state index contributed by atoms with van der Waals surface area (Å²) in [5, 5.41) is 6.20. The number of rotatable bonds is 2. The summed E-state index contributed by atoms with van der Waals surface area (Å²) in [6.45, 7) is 0. The largest absolute Gasteiger partial charge is 0.326 e. The highest BCUT2D eigenvalue weighted by Crippen LogP contribution is 2.35. The standard InChI is InChI=1S/C16H12Cl2N2O2/c17-11-5-3-6-12(18)15(11)20-16(22)10-8-14(21)19-13-7-2-1-4-9(10)13/h1-7,10H,8H2,(H,19,21)(H,20,22). The van der Waals surface area contributed by atoms with Crippen LogP contribution in [0.15, 0.2) is 42.5 Å². The van der Waals surface area contributed by atoms with Gasteiger partial charge in [0.2, 0.25) is 11.8 Å². The first-order valence-corrected chi connectivity index (χ1v) is 7.45. The summed E-state index contributed by atoms with van der Waals surface area (Å²) in [6.07, 6.45) is 0.0882. The number of hydrogen-bond donors (Lipinski definition) is 2. The molecule has 6 heteroatoms. The number of carbonyl (C=O) groups is 2. The topological polar surface area (TPSA) is 58.2 Å². The maximum atomic E-state index is 12.6. The van der Waals surface area contributed by atoms with E-state index in [9.17, 15) is 9.59 Å². The second-order valence-electron chi connectivity index (χ2n) is 4.98. The monoisotopic (exact) mass is 334 g/mol. The lowest BCUT2D eigenvalue weighted by Gasteiger charge is -2.25. The number of benzene rings is 2. The van der Waals surface area contributed by atoms with Crippen molar-refractivity contribution in [2.75, 3.05) is 10.6 Å². The lowest BCUT2D eigenvalue weighted by Crippen LogP contribution is -2.30. The van der Waals surface area contributed by atoms with Gasteiger partial charge in [-0.1, -0.05) is 47.5 Å². The number of amides is 2.